The number of carboxylic acids is 1. The van der Waals surface area contributed by atoms with E-state index in [9.17, 15) is 30.0 Å². The van der Waals surface area contributed by atoms with Crippen LogP contribution in [-0.4, -0.2) is 87.1 Å². The van der Waals surface area contributed by atoms with Crippen LogP contribution in [0.15, 0.2) is 66.7 Å². The van der Waals surface area contributed by atoms with E-state index in [1.807, 2.05) is 36.4 Å². The highest BCUT2D eigenvalue weighted by Gasteiger charge is 2.30. The summed E-state index contributed by atoms with van der Waals surface area (Å²) in [7, 11) is 1.70. The maximum Gasteiger partial charge on any atom is 0.335 e. The third-order valence-corrected chi connectivity index (χ3v) is 8.02. The molecule has 0 bridgehead atoms. The topological polar surface area (TPSA) is 198 Å². The zero-order valence-corrected chi connectivity index (χ0v) is 29.2. The van der Waals surface area contributed by atoms with Crippen LogP contribution < -0.4 is 15.3 Å². The Morgan fingerprint density at radius 1 is 0.800 bits per heavy atom. The summed E-state index contributed by atoms with van der Waals surface area (Å²) in [4.78, 5) is 26.1. The average molecular weight is 693 g/mol. The van der Waals surface area contributed by atoms with Gasteiger partial charge in [0.2, 0.25) is 5.91 Å². The van der Waals surface area contributed by atoms with Crippen molar-refractivity contribution in [3.05, 3.63) is 94.5 Å². The van der Waals surface area contributed by atoms with Gasteiger partial charge in [-0.25, -0.2) is 4.79 Å². The molecule has 0 heterocycles. The van der Waals surface area contributed by atoms with Gasteiger partial charge in [0.1, 0.15) is 31.0 Å². The molecule has 3 aromatic carbocycles. The number of carbonyl (C=O) groups is 2. The van der Waals surface area contributed by atoms with Crippen LogP contribution in [0.4, 0.5) is 5.69 Å². The second-order valence-electron chi connectivity index (χ2n) is 12.1. The third-order valence-electron chi connectivity index (χ3n) is 8.02. The van der Waals surface area contributed by atoms with Crippen molar-refractivity contribution in [2.24, 2.45) is 0 Å². The minimum Gasteiger partial charge on any atom is -0.872 e. The van der Waals surface area contributed by atoms with Crippen LogP contribution >= 0.6 is 0 Å². The average Bonchev–Trinajstić information content (AvgIpc) is 3.12. The SMILES string of the molecule is CCCCCC(=O)N(Cc1ccc(C#Cc2ccc(CCCC)cc2)cc1)c1ccc([O-])c(C(=O)O)c1.C[NH2+]C[C@H](O)[C@@H](O)[C@H](O)[C@H](O)CO. The Morgan fingerprint density at radius 3 is 1.88 bits per heavy atom. The molecule has 11 heteroatoms. The predicted molar refractivity (Wildman–Crippen MR) is 189 cm³/mol. The highest BCUT2D eigenvalue weighted by atomic mass is 16.4. The zero-order chi connectivity index (χ0) is 37.1. The van der Waals surface area contributed by atoms with Gasteiger partial charge in [0.25, 0.3) is 0 Å². The number of aliphatic hydroxyl groups excluding tert-OH is 5. The number of aromatic carboxylic acids is 1. The number of carboxylic acid groups (broad SMARTS) is 1. The molecule has 0 saturated carbocycles. The monoisotopic (exact) mass is 692 g/mol. The first-order valence-corrected chi connectivity index (χ1v) is 17.1. The van der Waals surface area contributed by atoms with E-state index in [1.165, 1.54) is 36.6 Å². The van der Waals surface area contributed by atoms with Crippen molar-refractivity contribution in [1.29, 1.82) is 0 Å². The van der Waals surface area contributed by atoms with Gasteiger partial charge in [-0.15, -0.1) is 0 Å². The number of nitrogens with zero attached hydrogens (tertiary/aromatic N) is 1. The van der Waals surface area contributed by atoms with Gasteiger partial charge in [-0.1, -0.05) is 81.0 Å². The van der Waals surface area contributed by atoms with Crippen LogP contribution in [0.2, 0.25) is 0 Å². The number of hydrogen-bond donors (Lipinski definition) is 7. The Kier molecular flexibility index (Phi) is 18.8. The highest BCUT2D eigenvalue weighted by Crippen LogP contribution is 2.25. The molecule has 0 aliphatic heterocycles. The number of unbranched alkanes of at least 4 members (excludes halogenated alkanes) is 3. The third kappa shape index (κ3) is 13.9. The molecule has 3 rings (SSSR count). The molecule has 272 valence electrons. The molecule has 0 spiro atoms. The first kappa shape index (κ1) is 41.9. The van der Waals surface area contributed by atoms with Gasteiger partial charge >= 0.3 is 5.97 Å². The molecule has 4 atom stereocenters. The Balaban J connectivity index is 0.000000565. The summed E-state index contributed by atoms with van der Waals surface area (Å²) in [5, 5.41) is 67.9. The van der Waals surface area contributed by atoms with E-state index < -0.39 is 42.7 Å². The number of carbonyl (C=O) groups excluding carboxylic acids is 1. The van der Waals surface area contributed by atoms with Gasteiger partial charge in [0.05, 0.1) is 25.8 Å². The summed E-state index contributed by atoms with van der Waals surface area (Å²) in [5.41, 5.74) is 4.11. The predicted octanol–water partition coefficient (Wildman–Crippen LogP) is 1.93. The van der Waals surface area contributed by atoms with E-state index in [1.54, 1.807) is 17.3 Å². The summed E-state index contributed by atoms with van der Waals surface area (Å²) in [6, 6.07) is 20.0. The lowest BCUT2D eigenvalue weighted by molar-refractivity contribution is -0.635. The molecule has 3 aromatic rings. The lowest BCUT2D eigenvalue weighted by Crippen LogP contribution is -2.83. The largest absolute Gasteiger partial charge is 0.872 e. The zero-order valence-electron chi connectivity index (χ0n) is 29.2. The first-order chi connectivity index (χ1) is 23.9. The van der Waals surface area contributed by atoms with Gasteiger partial charge in [0.15, 0.2) is 0 Å². The van der Waals surface area contributed by atoms with Crippen molar-refractivity contribution in [3.8, 4) is 17.6 Å². The number of quaternary nitrogens is 1. The van der Waals surface area contributed by atoms with Crippen molar-refractivity contribution < 1.29 is 50.7 Å². The minimum absolute atomic E-state index is 0.102. The normalized spacial score (nSPS) is 13.1. The van der Waals surface area contributed by atoms with Gasteiger partial charge in [-0.3, -0.25) is 4.79 Å². The van der Waals surface area contributed by atoms with E-state index in [0.717, 1.165) is 42.4 Å². The van der Waals surface area contributed by atoms with Crippen LogP contribution in [0.25, 0.3) is 0 Å². The van der Waals surface area contributed by atoms with Crippen molar-refractivity contribution in [2.75, 3.05) is 25.1 Å². The molecule has 8 N–H and O–H groups in total. The molecule has 0 aromatic heterocycles. The molecule has 0 radical (unpaired) electrons. The van der Waals surface area contributed by atoms with E-state index in [2.05, 4.69) is 37.8 Å². The maximum atomic E-state index is 13.1. The number of anilines is 1. The van der Waals surface area contributed by atoms with Crippen LogP contribution in [0.3, 0.4) is 0 Å². The fourth-order valence-electron chi connectivity index (χ4n) is 4.94. The van der Waals surface area contributed by atoms with Gasteiger partial charge < -0.3 is 46.0 Å². The number of nitrogens with two attached hydrogens (primary N) is 1. The minimum atomic E-state index is -1.53. The molecule has 0 unspecified atom stereocenters. The maximum absolute atomic E-state index is 13.1. The Morgan fingerprint density at radius 2 is 1.36 bits per heavy atom. The van der Waals surface area contributed by atoms with Crippen LogP contribution in [0.5, 0.6) is 5.75 Å². The number of likely N-dealkylation sites (N-methyl/N-ethyl adjacent to an activating group) is 1. The molecule has 0 aliphatic carbocycles. The van der Waals surface area contributed by atoms with Crippen LogP contribution in [0, 0.1) is 11.8 Å². The first-order valence-electron chi connectivity index (χ1n) is 17.1. The quantitative estimate of drug-likeness (QED) is 0.0816. The van der Waals surface area contributed by atoms with E-state index >= 15 is 0 Å². The lowest BCUT2D eigenvalue weighted by atomic mass is 10.0. The fraction of sp³-hybridized carbons (Fsp3) is 0.436. The Hall–Kier alpha value is -4.28. The summed E-state index contributed by atoms with van der Waals surface area (Å²) in [6.45, 7) is 4.10. The van der Waals surface area contributed by atoms with Crippen molar-refractivity contribution >= 4 is 17.6 Å². The van der Waals surface area contributed by atoms with Crippen molar-refractivity contribution in [3.63, 3.8) is 0 Å². The van der Waals surface area contributed by atoms with Crippen molar-refractivity contribution in [2.45, 2.75) is 89.8 Å². The van der Waals surface area contributed by atoms with Gasteiger partial charge in [0, 0.05) is 23.2 Å². The summed E-state index contributed by atoms with van der Waals surface area (Å²) >= 11 is 0. The molecule has 11 nitrogen and oxygen atoms in total. The number of aryl methyl sites for hydroxylation is 1. The molecule has 50 heavy (non-hydrogen) atoms. The fourth-order valence-corrected chi connectivity index (χ4v) is 4.94. The smallest absolute Gasteiger partial charge is 0.335 e. The summed E-state index contributed by atoms with van der Waals surface area (Å²) in [5.74, 6) is 4.41. The van der Waals surface area contributed by atoms with Crippen LogP contribution in [-0.2, 0) is 17.8 Å². The van der Waals surface area contributed by atoms with Crippen molar-refractivity contribution in [1.82, 2.24) is 0 Å². The molecular weight excluding hydrogens is 640 g/mol. The second-order valence-corrected chi connectivity index (χ2v) is 12.1. The number of hydrogen-bond acceptors (Lipinski definition) is 8. The summed E-state index contributed by atoms with van der Waals surface area (Å²) < 4.78 is 0. The Bertz CT molecular complexity index is 1520. The Labute approximate surface area is 294 Å². The molecule has 1 amide bonds. The van der Waals surface area contributed by atoms with Gasteiger partial charge in [-0.2, -0.15) is 0 Å². The molecule has 0 fully saturated rings. The number of rotatable bonds is 17. The number of amides is 1. The van der Waals surface area contributed by atoms with Crippen LogP contribution in [0.1, 0.15) is 85.0 Å². The van der Waals surface area contributed by atoms with E-state index in [4.69, 9.17) is 15.3 Å². The molecular formula is C39H52N2O9. The standard InChI is InChI=1S/C32H35NO4.C7H17NO5/c1-3-5-7-9-31(35)33(28-20-21-30(34)29(22-28)32(36)37)23-27-18-16-26(17-19-27)15-14-25-12-10-24(11-13-25)8-6-4-2;1-8-2-4(10)6(12)7(13)5(11)3-9/h10-13,16-22,34H,3-9,23H2,1-2H3,(H,36,37);4-13H,2-3H2,1H3/t;4-,5+,6+,7+/m.0/s1. The van der Waals surface area contributed by atoms with E-state index in [-0.39, 0.29) is 24.6 Å². The highest BCUT2D eigenvalue weighted by molar-refractivity contribution is 5.96. The van der Waals surface area contributed by atoms with E-state index in [0.29, 0.717) is 12.1 Å². The number of benzene rings is 3. The summed E-state index contributed by atoms with van der Waals surface area (Å²) in [6.07, 6.45) is 0.966. The number of aliphatic hydroxyl groups is 5. The lowest BCUT2D eigenvalue weighted by Gasteiger charge is -2.25. The molecule has 0 saturated heterocycles. The molecule has 0 aliphatic rings. The second kappa shape index (κ2) is 22.4. The van der Waals surface area contributed by atoms with Gasteiger partial charge in [-0.05, 0) is 66.8 Å².